The minimum absolute atomic E-state index is 0.0308. The lowest BCUT2D eigenvalue weighted by atomic mass is 9.89. The van der Waals surface area contributed by atoms with Gasteiger partial charge in [0, 0.05) is 30.6 Å². The molecule has 5 nitrogen and oxygen atoms in total. The molecule has 2 unspecified atom stereocenters. The summed E-state index contributed by atoms with van der Waals surface area (Å²) >= 11 is 0. The molecule has 6 heteroatoms. The van der Waals surface area contributed by atoms with Gasteiger partial charge in [0.05, 0.1) is 6.04 Å². The van der Waals surface area contributed by atoms with Gasteiger partial charge in [-0.1, -0.05) is 24.3 Å². The summed E-state index contributed by atoms with van der Waals surface area (Å²) in [4.78, 5) is 27.0. The zero-order valence-electron chi connectivity index (χ0n) is 17.8. The van der Waals surface area contributed by atoms with Crippen molar-refractivity contribution in [3.63, 3.8) is 0 Å². The number of nitrogens with zero attached hydrogens (tertiary/aromatic N) is 1. The maximum atomic E-state index is 13.1. The van der Waals surface area contributed by atoms with Gasteiger partial charge in [0.15, 0.2) is 0 Å². The molecule has 1 heterocycles. The highest BCUT2D eigenvalue weighted by Crippen LogP contribution is 2.28. The molecular formula is C24H30FN3O2. The van der Waals surface area contributed by atoms with Gasteiger partial charge in [0.2, 0.25) is 0 Å². The Hall–Kier alpha value is -2.89. The van der Waals surface area contributed by atoms with E-state index in [1.807, 2.05) is 43.9 Å². The maximum Gasteiger partial charge on any atom is 0.317 e. The van der Waals surface area contributed by atoms with Crippen LogP contribution in [0.5, 0.6) is 0 Å². The van der Waals surface area contributed by atoms with E-state index in [-0.39, 0.29) is 35.8 Å². The van der Waals surface area contributed by atoms with Crippen LogP contribution in [0.3, 0.4) is 0 Å². The van der Waals surface area contributed by atoms with Gasteiger partial charge in [0.25, 0.3) is 5.91 Å². The number of carbonyl (C=O) groups is 2. The Morgan fingerprint density at radius 1 is 1.07 bits per heavy atom. The predicted molar refractivity (Wildman–Crippen MR) is 116 cm³/mol. The Morgan fingerprint density at radius 2 is 1.80 bits per heavy atom. The van der Waals surface area contributed by atoms with Crippen molar-refractivity contribution >= 4 is 11.9 Å². The van der Waals surface area contributed by atoms with E-state index in [0.717, 1.165) is 30.5 Å². The smallest absolute Gasteiger partial charge is 0.317 e. The van der Waals surface area contributed by atoms with E-state index >= 15 is 0 Å². The number of carbonyl (C=O) groups excluding carboxylic acids is 2. The number of likely N-dealkylation sites (tertiary alicyclic amines) is 1. The Morgan fingerprint density at radius 3 is 2.50 bits per heavy atom. The third-order valence-corrected chi connectivity index (χ3v) is 5.46. The first-order chi connectivity index (χ1) is 14.3. The lowest BCUT2D eigenvalue weighted by molar-refractivity contribution is 0.0939. The zero-order valence-corrected chi connectivity index (χ0v) is 17.8. The summed E-state index contributed by atoms with van der Waals surface area (Å²) < 4.78 is 13.1. The van der Waals surface area contributed by atoms with Crippen molar-refractivity contribution in [1.29, 1.82) is 0 Å². The standard InChI is InChI=1S/C24H30FN3O2/c1-16(2)26-24(30)28-13-5-8-21(15-28)19-6-4-7-20(14-19)23(29)27-17(3)18-9-11-22(25)12-10-18/h4,6-7,9-12,14,16-17,21H,5,8,13,15H2,1-3H3,(H,26,30)(H,27,29). The minimum atomic E-state index is -0.298. The molecule has 0 spiro atoms. The van der Waals surface area contributed by atoms with Gasteiger partial charge < -0.3 is 15.5 Å². The first-order valence-electron chi connectivity index (χ1n) is 10.5. The summed E-state index contributed by atoms with van der Waals surface area (Å²) in [6.07, 6.45) is 1.93. The van der Waals surface area contributed by atoms with Crippen molar-refractivity contribution < 1.29 is 14.0 Å². The SMILES string of the molecule is CC(C)NC(=O)N1CCCC(c2cccc(C(=O)NC(C)c3ccc(F)cc3)c2)C1. The Balaban J connectivity index is 1.67. The van der Waals surface area contributed by atoms with Gasteiger partial charge in [-0.25, -0.2) is 9.18 Å². The molecule has 1 fully saturated rings. The van der Waals surface area contributed by atoms with Gasteiger partial charge in [-0.2, -0.15) is 0 Å². The molecule has 0 radical (unpaired) electrons. The van der Waals surface area contributed by atoms with Crippen molar-refractivity contribution in [3.8, 4) is 0 Å². The summed E-state index contributed by atoms with van der Waals surface area (Å²) in [6.45, 7) is 7.18. The molecule has 0 saturated carbocycles. The van der Waals surface area contributed by atoms with Crippen LogP contribution in [0.25, 0.3) is 0 Å². The third-order valence-electron chi connectivity index (χ3n) is 5.46. The number of benzene rings is 2. The second-order valence-electron chi connectivity index (χ2n) is 8.26. The number of urea groups is 1. The van der Waals surface area contributed by atoms with E-state index in [2.05, 4.69) is 10.6 Å². The maximum absolute atomic E-state index is 13.1. The molecule has 2 aromatic carbocycles. The molecule has 1 aliphatic rings. The molecule has 1 aliphatic heterocycles. The van der Waals surface area contributed by atoms with Gasteiger partial charge in [-0.15, -0.1) is 0 Å². The zero-order chi connectivity index (χ0) is 21.7. The second-order valence-corrected chi connectivity index (χ2v) is 8.26. The average Bonchev–Trinajstić information content (AvgIpc) is 2.74. The van der Waals surface area contributed by atoms with E-state index in [1.165, 1.54) is 12.1 Å². The summed E-state index contributed by atoms with van der Waals surface area (Å²) in [5.74, 6) is -0.258. The molecule has 160 valence electrons. The largest absolute Gasteiger partial charge is 0.346 e. The van der Waals surface area contributed by atoms with Crippen molar-refractivity contribution in [1.82, 2.24) is 15.5 Å². The van der Waals surface area contributed by atoms with Gasteiger partial charge in [-0.05, 0) is 69.0 Å². The monoisotopic (exact) mass is 411 g/mol. The predicted octanol–water partition coefficient (Wildman–Crippen LogP) is 4.61. The minimum Gasteiger partial charge on any atom is -0.346 e. The number of piperidine rings is 1. The van der Waals surface area contributed by atoms with E-state index in [9.17, 15) is 14.0 Å². The Bertz CT molecular complexity index is 882. The van der Waals surface area contributed by atoms with Gasteiger partial charge in [-0.3, -0.25) is 4.79 Å². The van der Waals surface area contributed by atoms with Crippen LogP contribution in [0.2, 0.25) is 0 Å². The molecule has 30 heavy (non-hydrogen) atoms. The number of hydrogen-bond acceptors (Lipinski definition) is 2. The summed E-state index contributed by atoms with van der Waals surface area (Å²) in [6, 6.07) is 13.6. The van der Waals surface area contributed by atoms with Crippen LogP contribution in [0.1, 0.15) is 67.1 Å². The molecule has 2 N–H and O–H groups in total. The van der Waals surface area contributed by atoms with Gasteiger partial charge >= 0.3 is 6.03 Å². The summed E-state index contributed by atoms with van der Waals surface area (Å²) in [5.41, 5.74) is 2.50. The Kier molecular flexibility index (Phi) is 7.08. The third kappa shape index (κ3) is 5.59. The molecule has 0 aliphatic carbocycles. The number of halogens is 1. The van der Waals surface area contributed by atoms with E-state index in [1.54, 1.807) is 18.2 Å². The van der Waals surface area contributed by atoms with E-state index < -0.39 is 0 Å². The molecule has 2 atom stereocenters. The summed E-state index contributed by atoms with van der Waals surface area (Å²) in [7, 11) is 0. The van der Waals surface area contributed by atoms with Gasteiger partial charge in [0.1, 0.15) is 5.82 Å². The van der Waals surface area contributed by atoms with Crippen molar-refractivity contribution in [2.45, 2.75) is 51.6 Å². The summed E-state index contributed by atoms with van der Waals surface area (Å²) in [5, 5.41) is 5.93. The van der Waals surface area contributed by atoms with Crippen LogP contribution < -0.4 is 10.6 Å². The first-order valence-corrected chi connectivity index (χ1v) is 10.5. The fraction of sp³-hybridized carbons (Fsp3) is 0.417. The highest BCUT2D eigenvalue weighted by Gasteiger charge is 2.25. The lowest BCUT2D eigenvalue weighted by Gasteiger charge is -2.33. The van der Waals surface area contributed by atoms with Crippen molar-refractivity contribution in [2.75, 3.05) is 13.1 Å². The lowest BCUT2D eigenvalue weighted by Crippen LogP contribution is -2.47. The van der Waals surface area contributed by atoms with Crippen LogP contribution >= 0.6 is 0 Å². The van der Waals surface area contributed by atoms with Crippen LogP contribution in [0.15, 0.2) is 48.5 Å². The van der Waals surface area contributed by atoms with Crippen LogP contribution in [-0.2, 0) is 0 Å². The highest BCUT2D eigenvalue weighted by atomic mass is 19.1. The fourth-order valence-electron chi connectivity index (χ4n) is 3.82. The van der Waals surface area contributed by atoms with Crippen LogP contribution in [0, 0.1) is 5.82 Å². The number of rotatable bonds is 5. The molecule has 2 aromatic rings. The Labute approximate surface area is 177 Å². The number of nitrogens with one attached hydrogen (secondary N) is 2. The van der Waals surface area contributed by atoms with Crippen molar-refractivity contribution in [3.05, 3.63) is 71.0 Å². The topological polar surface area (TPSA) is 61.4 Å². The highest BCUT2D eigenvalue weighted by molar-refractivity contribution is 5.94. The molecule has 0 bridgehead atoms. The fourth-order valence-corrected chi connectivity index (χ4v) is 3.82. The quantitative estimate of drug-likeness (QED) is 0.755. The van der Waals surface area contributed by atoms with Crippen LogP contribution in [-0.4, -0.2) is 36.0 Å². The average molecular weight is 412 g/mol. The molecule has 0 aromatic heterocycles. The second kappa shape index (κ2) is 9.74. The van der Waals surface area contributed by atoms with Crippen molar-refractivity contribution in [2.24, 2.45) is 0 Å². The molecular weight excluding hydrogens is 381 g/mol. The first kappa shape index (κ1) is 21.8. The molecule has 3 amide bonds. The van der Waals surface area contributed by atoms with E-state index in [0.29, 0.717) is 12.1 Å². The molecule has 1 saturated heterocycles. The molecule has 3 rings (SSSR count). The van der Waals surface area contributed by atoms with Crippen LogP contribution in [0.4, 0.5) is 9.18 Å². The normalized spacial score (nSPS) is 17.5. The number of hydrogen-bond donors (Lipinski definition) is 2. The van der Waals surface area contributed by atoms with E-state index in [4.69, 9.17) is 0 Å². The number of amides is 3.